The molecule has 1 aliphatic heterocycles. The van der Waals surface area contributed by atoms with Crippen LogP contribution in [0.1, 0.15) is 36.8 Å². The van der Waals surface area contributed by atoms with Crippen LogP contribution in [-0.2, 0) is 9.59 Å². The van der Waals surface area contributed by atoms with Gasteiger partial charge in [0.05, 0.1) is 5.57 Å². The van der Waals surface area contributed by atoms with Gasteiger partial charge < -0.3 is 5.11 Å². The summed E-state index contributed by atoms with van der Waals surface area (Å²) in [5.74, 6) is -1.07. The molecule has 136 valence electrons. The number of anilines is 1. The number of aliphatic hydroxyl groups excluding tert-OH is 1. The zero-order valence-corrected chi connectivity index (χ0v) is 16.4. The highest BCUT2D eigenvalue weighted by Gasteiger charge is 2.45. The maximum atomic E-state index is 12.9. The summed E-state index contributed by atoms with van der Waals surface area (Å²) in [4.78, 5) is 28.0. The number of aliphatic hydroxyl groups is 1. The number of hydrogen-bond donors (Lipinski definition) is 1. The van der Waals surface area contributed by atoms with Gasteiger partial charge in [-0.25, -0.2) is 0 Å². The molecular formula is C20H20ClNO3S. The highest BCUT2D eigenvalue weighted by Crippen LogP contribution is 2.44. The fourth-order valence-corrected chi connectivity index (χ4v) is 4.27. The number of carbonyl (C=O) groups is 2. The van der Waals surface area contributed by atoms with Gasteiger partial charge in [-0.2, -0.15) is 0 Å². The molecule has 0 saturated carbocycles. The minimum atomic E-state index is -0.617. The minimum absolute atomic E-state index is 0.133. The van der Waals surface area contributed by atoms with Crippen LogP contribution in [0, 0.1) is 12.8 Å². The van der Waals surface area contributed by atoms with Crippen LogP contribution >= 0.6 is 22.9 Å². The van der Waals surface area contributed by atoms with Crippen molar-refractivity contribution in [1.29, 1.82) is 0 Å². The van der Waals surface area contributed by atoms with Gasteiger partial charge in [0.15, 0.2) is 11.5 Å². The van der Waals surface area contributed by atoms with Crippen LogP contribution in [0.4, 0.5) is 5.69 Å². The van der Waals surface area contributed by atoms with Gasteiger partial charge in [-0.1, -0.05) is 31.5 Å². The lowest BCUT2D eigenvalue weighted by atomic mass is 9.95. The number of hydrogen-bond acceptors (Lipinski definition) is 4. The maximum absolute atomic E-state index is 12.9. The van der Waals surface area contributed by atoms with Gasteiger partial charge in [-0.15, -0.1) is 11.3 Å². The van der Waals surface area contributed by atoms with Crippen molar-refractivity contribution in [2.75, 3.05) is 4.90 Å². The fourth-order valence-electron chi connectivity index (χ4n) is 3.22. The lowest BCUT2D eigenvalue weighted by Crippen LogP contribution is -2.31. The van der Waals surface area contributed by atoms with Crippen molar-refractivity contribution >= 4 is 40.3 Å². The van der Waals surface area contributed by atoms with Crippen molar-refractivity contribution in [2.24, 2.45) is 5.92 Å². The van der Waals surface area contributed by atoms with Gasteiger partial charge >= 0.3 is 0 Å². The Bertz CT molecular complexity index is 886. The van der Waals surface area contributed by atoms with Crippen LogP contribution < -0.4 is 4.90 Å². The summed E-state index contributed by atoms with van der Waals surface area (Å²) in [5.41, 5.74) is 1.62. The molecule has 1 atom stereocenters. The van der Waals surface area contributed by atoms with Crippen molar-refractivity contribution in [3.05, 3.63) is 62.5 Å². The Morgan fingerprint density at radius 1 is 1.35 bits per heavy atom. The highest BCUT2D eigenvalue weighted by atomic mass is 35.5. The van der Waals surface area contributed by atoms with E-state index in [4.69, 9.17) is 11.6 Å². The largest absolute Gasteiger partial charge is 0.503 e. The second-order valence-corrected chi connectivity index (χ2v) is 8.22. The molecule has 1 N–H and O–H groups in total. The molecule has 3 rings (SSSR count). The molecule has 2 heterocycles. The number of rotatable bonds is 5. The molecule has 1 aliphatic rings. The summed E-state index contributed by atoms with van der Waals surface area (Å²) >= 11 is 7.50. The van der Waals surface area contributed by atoms with Crippen LogP contribution in [-0.4, -0.2) is 16.8 Å². The Morgan fingerprint density at radius 3 is 2.65 bits per heavy atom. The van der Waals surface area contributed by atoms with E-state index in [2.05, 4.69) is 0 Å². The number of benzene rings is 1. The molecule has 0 bridgehead atoms. The Balaban J connectivity index is 2.14. The average Bonchev–Trinajstić information content (AvgIpc) is 3.15. The number of thiophene rings is 1. The second-order valence-electron chi connectivity index (χ2n) is 6.81. The molecule has 1 amide bonds. The standard InChI is InChI=1S/C20H20ClNO3S/c1-11(2)9-15(23)17-18(16-5-4-8-26-16)22(20(25)19(17)24)14-7-6-13(21)10-12(14)3/h4-8,10-11,18,24H,9H2,1-3H3. The number of halogens is 1. The van der Waals surface area contributed by atoms with Crippen LogP contribution in [0.15, 0.2) is 47.0 Å². The molecule has 1 aromatic carbocycles. The fraction of sp³-hybridized carbons (Fsp3) is 0.300. The van der Waals surface area contributed by atoms with Crippen LogP contribution in [0.3, 0.4) is 0 Å². The summed E-state index contributed by atoms with van der Waals surface area (Å²) in [6.45, 7) is 5.73. The SMILES string of the molecule is Cc1cc(Cl)ccc1N1C(=O)C(O)=C(C(=O)CC(C)C)C1c1cccs1. The zero-order valence-electron chi connectivity index (χ0n) is 14.8. The molecule has 26 heavy (non-hydrogen) atoms. The first-order chi connectivity index (χ1) is 12.3. The molecule has 2 aromatic rings. The van der Waals surface area contributed by atoms with Crippen molar-refractivity contribution < 1.29 is 14.7 Å². The van der Waals surface area contributed by atoms with Gasteiger partial charge in [0.2, 0.25) is 0 Å². The smallest absolute Gasteiger partial charge is 0.294 e. The van der Waals surface area contributed by atoms with Gasteiger partial charge in [0, 0.05) is 22.0 Å². The van der Waals surface area contributed by atoms with Crippen LogP contribution in [0.2, 0.25) is 5.02 Å². The molecule has 6 heteroatoms. The molecule has 0 fully saturated rings. The minimum Gasteiger partial charge on any atom is -0.503 e. The molecule has 1 unspecified atom stereocenters. The van der Waals surface area contributed by atoms with E-state index in [0.29, 0.717) is 10.7 Å². The number of nitrogens with zero attached hydrogens (tertiary/aromatic N) is 1. The predicted molar refractivity (Wildman–Crippen MR) is 105 cm³/mol. The van der Waals surface area contributed by atoms with E-state index >= 15 is 0 Å². The number of Topliss-reactive ketones (excluding diaryl/α,β-unsaturated/α-hetero) is 1. The van der Waals surface area contributed by atoms with E-state index in [1.54, 1.807) is 18.2 Å². The predicted octanol–water partition coefficient (Wildman–Crippen LogP) is 5.23. The molecule has 0 spiro atoms. The van der Waals surface area contributed by atoms with E-state index in [-0.39, 0.29) is 23.7 Å². The Hall–Kier alpha value is -2.11. The molecular weight excluding hydrogens is 370 g/mol. The summed E-state index contributed by atoms with van der Waals surface area (Å²) in [6, 6.07) is 8.35. The van der Waals surface area contributed by atoms with Crippen molar-refractivity contribution in [3.63, 3.8) is 0 Å². The topological polar surface area (TPSA) is 57.6 Å². The average molecular weight is 390 g/mol. The third-order valence-corrected chi connectivity index (χ3v) is 5.49. The van der Waals surface area contributed by atoms with E-state index in [9.17, 15) is 14.7 Å². The molecule has 0 radical (unpaired) electrons. The zero-order chi connectivity index (χ0) is 19.0. The Kier molecular flexibility index (Phi) is 5.21. The first-order valence-corrected chi connectivity index (χ1v) is 9.66. The van der Waals surface area contributed by atoms with Gasteiger partial charge in [-0.3, -0.25) is 14.5 Å². The number of amides is 1. The quantitative estimate of drug-likeness (QED) is 0.762. The number of aryl methyl sites for hydroxylation is 1. The third kappa shape index (κ3) is 3.29. The lowest BCUT2D eigenvalue weighted by molar-refractivity contribution is -0.118. The molecule has 4 nitrogen and oxygen atoms in total. The second kappa shape index (κ2) is 7.25. The summed E-state index contributed by atoms with van der Waals surface area (Å²) in [7, 11) is 0. The molecule has 1 aromatic heterocycles. The third-order valence-electron chi connectivity index (χ3n) is 4.33. The highest BCUT2D eigenvalue weighted by molar-refractivity contribution is 7.10. The van der Waals surface area contributed by atoms with E-state index in [1.165, 1.54) is 16.2 Å². The van der Waals surface area contributed by atoms with Gasteiger partial charge in [0.1, 0.15) is 6.04 Å². The van der Waals surface area contributed by atoms with E-state index < -0.39 is 17.7 Å². The first kappa shape index (κ1) is 18.7. The number of ketones is 1. The summed E-state index contributed by atoms with van der Waals surface area (Å²) in [5, 5.41) is 13.0. The van der Waals surface area contributed by atoms with E-state index in [0.717, 1.165) is 10.4 Å². The summed E-state index contributed by atoms with van der Waals surface area (Å²) in [6.07, 6.45) is 0.280. The number of carbonyl (C=O) groups excluding carboxylic acids is 2. The van der Waals surface area contributed by atoms with Crippen molar-refractivity contribution in [1.82, 2.24) is 0 Å². The Morgan fingerprint density at radius 2 is 2.08 bits per heavy atom. The van der Waals surface area contributed by atoms with Crippen LogP contribution in [0.25, 0.3) is 0 Å². The maximum Gasteiger partial charge on any atom is 0.294 e. The van der Waals surface area contributed by atoms with Gasteiger partial charge in [-0.05, 0) is 48.1 Å². The van der Waals surface area contributed by atoms with Crippen molar-refractivity contribution in [3.8, 4) is 0 Å². The summed E-state index contributed by atoms with van der Waals surface area (Å²) < 4.78 is 0. The van der Waals surface area contributed by atoms with E-state index in [1.807, 2.05) is 38.3 Å². The van der Waals surface area contributed by atoms with Gasteiger partial charge in [0.25, 0.3) is 5.91 Å². The Labute approximate surface area is 161 Å². The molecule has 0 saturated heterocycles. The molecule has 0 aliphatic carbocycles. The lowest BCUT2D eigenvalue weighted by Gasteiger charge is -2.27. The van der Waals surface area contributed by atoms with Crippen LogP contribution in [0.5, 0.6) is 0 Å². The van der Waals surface area contributed by atoms with Crippen molar-refractivity contribution in [2.45, 2.75) is 33.2 Å². The monoisotopic (exact) mass is 389 g/mol. The normalized spacial score (nSPS) is 17.5. The first-order valence-electron chi connectivity index (χ1n) is 8.40.